The number of hydrogen-bond donors (Lipinski definition) is 0. The van der Waals surface area contributed by atoms with E-state index in [0.29, 0.717) is 0 Å². The van der Waals surface area contributed by atoms with Crippen LogP contribution in [0, 0.1) is 0 Å². The number of halogens is 1. The molecule has 1 fully saturated rings. The van der Waals surface area contributed by atoms with Crippen molar-refractivity contribution >= 4 is 33.8 Å². The zero-order valence-corrected chi connectivity index (χ0v) is 17.8. The van der Waals surface area contributed by atoms with Crippen LogP contribution in [-0.4, -0.2) is 47.3 Å². The highest BCUT2D eigenvalue weighted by Crippen LogP contribution is 2.30. The van der Waals surface area contributed by atoms with Gasteiger partial charge in [0.05, 0.1) is 0 Å². The molecule has 0 aromatic heterocycles. The molecule has 0 saturated carbocycles. The van der Waals surface area contributed by atoms with Crippen LogP contribution in [0.1, 0.15) is 33.3 Å². The molecule has 1 aliphatic rings. The molecule has 1 saturated heterocycles. The van der Waals surface area contributed by atoms with E-state index in [1.54, 1.807) is 13.8 Å². The molecule has 2 rings (SSSR count). The lowest BCUT2D eigenvalue weighted by Gasteiger charge is -2.28. The summed E-state index contributed by atoms with van der Waals surface area (Å²) in [5, 5.41) is 4.27. The van der Waals surface area contributed by atoms with Crippen molar-refractivity contribution < 1.29 is 33.4 Å². The van der Waals surface area contributed by atoms with Gasteiger partial charge in [0.15, 0.2) is 18.3 Å². The summed E-state index contributed by atoms with van der Waals surface area (Å²) in [6.07, 6.45) is -2.68. The van der Waals surface area contributed by atoms with Gasteiger partial charge in [-0.15, -0.1) is 0 Å². The van der Waals surface area contributed by atoms with Gasteiger partial charge in [-0.3, -0.25) is 9.59 Å². The summed E-state index contributed by atoms with van der Waals surface area (Å²) in [6, 6.07) is 9.49. The van der Waals surface area contributed by atoms with Gasteiger partial charge in [0.1, 0.15) is 6.61 Å². The lowest BCUT2D eigenvalue weighted by atomic mass is 10.1. The van der Waals surface area contributed by atoms with E-state index in [2.05, 4.69) is 21.1 Å². The molecule has 0 radical (unpaired) electrons. The highest BCUT2D eigenvalue weighted by atomic mass is 79.9. The molecule has 0 unspecified atom stereocenters. The number of nitrogens with zero attached hydrogens (tertiary/aromatic N) is 1. The Morgan fingerprint density at radius 2 is 1.82 bits per heavy atom. The van der Waals surface area contributed by atoms with E-state index in [-0.39, 0.29) is 17.8 Å². The number of oxime groups is 1. The number of carbonyl (C=O) groups excluding carboxylic acids is 2. The second kappa shape index (κ2) is 9.88. The maximum absolute atomic E-state index is 11.6. The molecule has 1 aliphatic heterocycles. The predicted molar refractivity (Wildman–Crippen MR) is 104 cm³/mol. The monoisotopic (exact) mass is 457 g/mol. The number of hydrogen-bond acceptors (Lipinski definition) is 8. The summed E-state index contributed by atoms with van der Waals surface area (Å²) in [7, 11) is 0. The van der Waals surface area contributed by atoms with E-state index in [1.165, 1.54) is 13.8 Å². The van der Waals surface area contributed by atoms with Crippen molar-refractivity contribution in [2.75, 3.05) is 5.33 Å². The topological polar surface area (TPSA) is 92.7 Å². The van der Waals surface area contributed by atoms with Gasteiger partial charge < -0.3 is 23.8 Å². The van der Waals surface area contributed by atoms with Gasteiger partial charge in [0.25, 0.3) is 5.90 Å². The number of benzene rings is 1. The Hall–Kier alpha value is -2.13. The molecule has 1 aromatic carbocycles. The fraction of sp³-hybridized carbons (Fsp3) is 0.526. The first kappa shape index (κ1) is 22.2. The minimum Gasteiger partial charge on any atom is -0.458 e. The van der Waals surface area contributed by atoms with Crippen LogP contribution in [0.2, 0.25) is 0 Å². The van der Waals surface area contributed by atoms with Gasteiger partial charge in [-0.25, -0.2) is 0 Å². The van der Waals surface area contributed by atoms with E-state index in [4.69, 9.17) is 23.8 Å². The predicted octanol–water partition coefficient (Wildman–Crippen LogP) is 2.93. The molecular weight excluding hydrogens is 434 g/mol. The van der Waals surface area contributed by atoms with Crippen LogP contribution >= 0.6 is 15.9 Å². The summed E-state index contributed by atoms with van der Waals surface area (Å²) < 4.78 is 22.2. The third-order valence-electron chi connectivity index (χ3n) is 3.67. The van der Waals surface area contributed by atoms with Gasteiger partial charge >= 0.3 is 11.9 Å². The number of rotatable bonds is 8. The molecule has 1 aromatic rings. The third kappa shape index (κ3) is 6.49. The fourth-order valence-electron chi connectivity index (χ4n) is 2.64. The van der Waals surface area contributed by atoms with E-state index in [0.717, 1.165) is 5.56 Å². The van der Waals surface area contributed by atoms with E-state index in [9.17, 15) is 9.59 Å². The van der Waals surface area contributed by atoms with Crippen LogP contribution in [0.3, 0.4) is 0 Å². The van der Waals surface area contributed by atoms with Gasteiger partial charge in [-0.05, 0) is 10.7 Å². The Morgan fingerprint density at radius 3 is 2.39 bits per heavy atom. The summed E-state index contributed by atoms with van der Waals surface area (Å²) in [5.41, 5.74) is 0.927. The highest BCUT2D eigenvalue weighted by Gasteiger charge is 2.49. The molecule has 154 valence electrons. The summed E-state index contributed by atoms with van der Waals surface area (Å²) >= 11 is 3.28. The molecule has 8 nitrogen and oxygen atoms in total. The zero-order chi connectivity index (χ0) is 20.7. The number of esters is 2. The first-order valence-corrected chi connectivity index (χ1v) is 9.85. The minimum atomic E-state index is -1.02. The minimum absolute atomic E-state index is 0.102. The average molecular weight is 458 g/mol. The zero-order valence-electron chi connectivity index (χ0n) is 16.2. The molecule has 0 aliphatic carbocycles. The standard InChI is InChI=1S/C19H24BrNO7/c1-12(22)25-15(10-20)16(26-13(2)23)17-18(28-19(3,4)27-17)21-24-11-14-8-6-5-7-9-14/h5-9,15-17H,10-11H2,1-4H3/b21-18-/t15-,16+,17+/m1/s1. The van der Waals surface area contributed by atoms with Crippen molar-refractivity contribution in [1.29, 1.82) is 0 Å². The molecule has 1 heterocycles. The van der Waals surface area contributed by atoms with E-state index in [1.807, 2.05) is 30.3 Å². The lowest BCUT2D eigenvalue weighted by molar-refractivity contribution is -0.186. The SMILES string of the molecule is CC(=O)O[C@H]([C@@H]1OC(C)(C)O/C1=N\OCc1ccccc1)[C@@H](CBr)OC(C)=O. The van der Waals surface area contributed by atoms with Crippen LogP contribution in [0.25, 0.3) is 0 Å². The summed E-state index contributed by atoms with van der Waals surface area (Å²) in [6.45, 7) is 6.15. The van der Waals surface area contributed by atoms with Gasteiger partial charge in [-0.1, -0.05) is 46.3 Å². The molecule has 9 heteroatoms. The highest BCUT2D eigenvalue weighted by molar-refractivity contribution is 9.09. The number of alkyl halides is 1. The van der Waals surface area contributed by atoms with Crippen LogP contribution in [-0.2, 0) is 40.0 Å². The lowest BCUT2D eigenvalue weighted by Crippen LogP contribution is -2.47. The summed E-state index contributed by atoms with van der Waals surface area (Å²) in [5.74, 6) is -1.99. The van der Waals surface area contributed by atoms with Gasteiger partial charge in [0.2, 0.25) is 5.79 Å². The van der Waals surface area contributed by atoms with Gasteiger partial charge in [0, 0.05) is 33.0 Å². The second-order valence-corrected chi connectivity index (χ2v) is 7.25. The molecule has 3 atom stereocenters. The van der Waals surface area contributed by atoms with Crippen LogP contribution in [0.5, 0.6) is 0 Å². The largest absolute Gasteiger partial charge is 0.458 e. The summed E-state index contributed by atoms with van der Waals surface area (Å²) in [4.78, 5) is 28.5. The average Bonchev–Trinajstić information content (AvgIpc) is 2.93. The van der Waals surface area contributed by atoms with Crippen molar-refractivity contribution in [2.24, 2.45) is 5.16 Å². The maximum Gasteiger partial charge on any atom is 0.303 e. The smallest absolute Gasteiger partial charge is 0.303 e. The molecule has 0 N–H and O–H groups in total. The van der Waals surface area contributed by atoms with Gasteiger partial charge in [-0.2, -0.15) is 0 Å². The van der Waals surface area contributed by atoms with Crippen molar-refractivity contribution in [1.82, 2.24) is 0 Å². The van der Waals surface area contributed by atoms with E-state index < -0.39 is 36.0 Å². The normalized spacial score (nSPS) is 21.5. The Kier molecular flexibility index (Phi) is 7.82. The van der Waals surface area contributed by atoms with Crippen molar-refractivity contribution in [2.45, 2.75) is 58.4 Å². The number of carbonyl (C=O) groups is 2. The Labute approximate surface area is 172 Å². The Balaban J connectivity index is 2.22. The number of ether oxygens (including phenoxy) is 4. The molecule has 0 amide bonds. The Morgan fingerprint density at radius 1 is 1.18 bits per heavy atom. The Bertz CT molecular complexity index is 707. The van der Waals surface area contributed by atoms with Crippen LogP contribution in [0.4, 0.5) is 0 Å². The first-order valence-electron chi connectivity index (χ1n) is 8.73. The molecule has 0 spiro atoms. The maximum atomic E-state index is 11.6. The van der Waals surface area contributed by atoms with Crippen LogP contribution in [0.15, 0.2) is 35.5 Å². The van der Waals surface area contributed by atoms with Crippen LogP contribution < -0.4 is 0 Å². The van der Waals surface area contributed by atoms with Crippen molar-refractivity contribution in [3.63, 3.8) is 0 Å². The van der Waals surface area contributed by atoms with E-state index >= 15 is 0 Å². The van der Waals surface area contributed by atoms with Crippen molar-refractivity contribution in [3.05, 3.63) is 35.9 Å². The fourth-order valence-corrected chi connectivity index (χ4v) is 3.14. The molecular formula is C19H24BrNO7. The first-order chi connectivity index (χ1) is 13.2. The second-order valence-electron chi connectivity index (χ2n) is 6.61. The van der Waals surface area contributed by atoms with Crippen molar-refractivity contribution in [3.8, 4) is 0 Å². The molecule has 28 heavy (non-hydrogen) atoms. The molecule has 0 bridgehead atoms. The quantitative estimate of drug-likeness (QED) is 0.336. The third-order valence-corrected chi connectivity index (χ3v) is 4.31.